The highest BCUT2D eigenvalue weighted by atomic mass is 16.3. The minimum Gasteiger partial charge on any atom is -0.456 e. The van der Waals surface area contributed by atoms with Crippen molar-refractivity contribution in [2.45, 2.75) is 32.1 Å². The lowest BCUT2D eigenvalue weighted by Crippen LogP contribution is -2.05. The summed E-state index contributed by atoms with van der Waals surface area (Å²) in [6.45, 7) is 2.29. The van der Waals surface area contributed by atoms with Gasteiger partial charge in [-0.1, -0.05) is 43.4 Å². The molecule has 2 aromatic carbocycles. The number of nitrogens with zero attached hydrogens (tertiary/aromatic N) is 3. The van der Waals surface area contributed by atoms with Gasteiger partial charge in [0.1, 0.15) is 23.1 Å². The molecular weight excluding hydrogens is 430 g/mol. The predicted octanol–water partition coefficient (Wildman–Crippen LogP) is 7.79. The maximum absolute atomic E-state index is 9.22. The van der Waals surface area contributed by atoms with E-state index in [1.165, 1.54) is 33.1 Å². The van der Waals surface area contributed by atoms with Gasteiger partial charge in [-0.2, -0.15) is 5.26 Å². The van der Waals surface area contributed by atoms with Crippen molar-refractivity contribution in [2.75, 3.05) is 0 Å². The van der Waals surface area contributed by atoms with Gasteiger partial charge in [0.25, 0.3) is 0 Å². The van der Waals surface area contributed by atoms with Crippen LogP contribution in [0.5, 0.6) is 0 Å². The minimum absolute atomic E-state index is 0.399. The molecule has 2 aliphatic carbocycles. The quantitative estimate of drug-likeness (QED) is 0.274. The van der Waals surface area contributed by atoms with Gasteiger partial charge in [-0.3, -0.25) is 0 Å². The van der Waals surface area contributed by atoms with Gasteiger partial charge in [-0.05, 0) is 61.6 Å². The second-order valence-electron chi connectivity index (χ2n) is 9.45. The van der Waals surface area contributed by atoms with Gasteiger partial charge >= 0.3 is 0 Å². The third-order valence-electron chi connectivity index (χ3n) is 7.41. The van der Waals surface area contributed by atoms with Crippen molar-refractivity contribution in [1.29, 1.82) is 5.26 Å². The molecule has 0 fully saturated rings. The number of hydrogen-bond acceptors (Lipinski definition) is 3. The zero-order chi connectivity index (χ0) is 23.5. The first-order valence-corrected chi connectivity index (χ1v) is 12.2. The Morgan fingerprint density at radius 1 is 1.06 bits per heavy atom. The molecule has 7 rings (SSSR count). The van der Waals surface area contributed by atoms with Crippen LogP contribution >= 0.6 is 0 Å². The van der Waals surface area contributed by atoms with Gasteiger partial charge in [0.2, 0.25) is 0 Å². The van der Waals surface area contributed by atoms with Crippen molar-refractivity contribution in [3.8, 4) is 22.9 Å². The summed E-state index contributed by atoms with van der Waals surface area (Å²) in [7, 11) is 0. The molecule has 0 radical (unpaired) electrons. The number of furan rings is 1. The van der Waals surface area contributed by atoms with E-state index in [0.29, 0.717) is 11.6 Å². The smallest absolute Gasteiger partial charge is 0.140 e. The summed E-state index contributed by atoms with van der Waals surface area (Å²) in [6.07, 6.45) is 13.7. The second kappa shape index (κ2) is 7.58. The number of aromatic nitrogens is 2. The number of fused-ring (bicyclic) bond motifs is 7. The Bertz CT molecular complexity index is 1740. The van der Waals surface area contributed by atoms with Crippen molar-refractivity contribution < 1.29 is 4.42 Å². The molecule has 0 amide bonds. The molecule has 0 spiro atoms. The number of nitriles is 1. The number of benzene rings is 2. The van der Waals surface area contributed by atoms with Crippen molar-refractivity contribution >= 4 is 34.0 Å². The van der Waals surface area contributed by atoms with Gasteiger partial charge in [0, 0.05) is 44.9 Å². The van der Waals surface area contributed by atoms with E-state index in [2.05, 4.69) is 83.2 Å². The van der Waals surface area contributed by atoms with Crippen molar-refractivity contribution in [1.82, 2.24) is 9.55 Å². The predicted molar refractivity (Wildman–Crippen MR) is 140 cm³/mol. The summed E-state index contributed by atoms with van der Waals surface area (Å²) in [5.41, 5.74) is 9.76. The van der Waals surface area contributed by atoms with Crippen LogP contribution < -0.4 is 0 Å². The Balaban J connectivity index is 1.61. The molecule has 4 heteroatoms. The lowest BCUT2D eigenvalue weighted by molar-refractivity contribution is 0.586. The molecule has 5 aromatic rings. The fourth-order valence-corrected chi connectivity index (χ4v) is 5.84. The number of allylic oxidation sites excluding steroid dienone is 2. The SMILES string of the molecule is CC1CC=Cc2oc3ccc4c5c(n(-c6ccccc6-c6ccc(C#N)nc6)c4c3c21)CCC=C5. The van der Waals surface area contributed by atoms with Crippen LogP contribution in [0, 0.1) is 11.3 Å². The maximum Gasteiger partial charge on any atom is 0.140 e. The number of rotatable bonds is 2. The lowest BCUT2D eigenvalue weighted by atomic mass is 9.90. The topological polar surface area (TPSA) is 54.8 Å². The fraction of sp³-hybridized carbons (Fsp3) is 0.161. The summed E-state index contributed by atoms with van der Waals surface area (Å²) in [4.78, 5) is 4.35. The van der Waals surface area contributed by atoms with Gasteiger partial charge in [-0.15, -0.1) is 0 Å². The molecule has 1 unspecified atom stereocenters. The van der Waals surface area contributed by atoms with Gasteiger partial charge < -0.3 is 8.98 Å². The zero-order valence-corrected chi connectivity index (χ0v) is 19.5. The summed E-state index contributed by atoms with van der Waals surface area (Å²) in [5, 5.41) is 11.7. The summed E-state index contributed by atoms with van der Waals surface area (Å²) >= 11 is 0. The molecule has 3 heterocycles. The van der Waals surface area contributed by atoms with Crippen LogP contribution in [0.3, 0.4) is 0 Å². The van der Waals surface area contributed by atoms with Crippen LogP contribution in [-0.2, 0) is 6.42 Å². The summed E-state index contributed by atoms with van der Waals surface area (Å²) in [6, 6.07) is 18.8. The molecule has 35 heavy (non-hydrogen) atoms. The first-order chi connectivity index (χ1) is 17.2. The van der Waals surface area contributed by atoms with Gasteiger partial charge in [0.15, 0.2) is 0 Å². The van der Waals surface area contributed by atoms with E-state index < -0.39 is 0 Å². The summed E-state index contributed by atoms with van der Waals surface area (Å²) in [5.74, 6) is 1.38. The Labute approximate surface area is 203 Å². The average Bonchev–Trinajstić information content (AvgIpc) is 3.45. The Kier molecular flexibility index (Phi) is 4.34. The molecule has 0 N–H and O–H groups in total. The standard InChI is InChI=1S/C31H23N3O/c1-19-7-6-12-27-29(19)30-28(35-27)16-15-24-23-9-3-5-11-26(23)34(31(24)30)25-10-4-2-8-22(25)20-13-14-21(17-32)33-18-20/h2-4,6,8-10,12-16,18-19H,5,7,11H2,1H3. The van der Waals surface area contributed by atoms with Crippen LogP contribution in [0.25, 0.3) is 50.8 Å². The maximum atomic E-state index is 9.22. The molecule has 0 aliphatic heterocycles. The highest BCUT2D eigenvalue weighted by molar-refractivity contribution is 6.11. The number of para-hydroxylation sites is 1. The first kappa shape index (κ1) is 20.1. The fourth-order valence-electron chi connectivity index (χ4n) is 5.84. The normalized spacial score (nSPS) is 16.4. The first-order valence-electron chi connectivity index (χ1n) is 12.2. The van der Waals surface area contributed by atoms with E-state index in [0.717, 1.165) is 47.4 Å². The Morgan fingerprint density at radius 2 is 1.97 bits per heavy atom. The van der Waals surface area contributed by atoms with E-state index in [1.807, 2.05) is 6.07 Å². The van der Waals surface area contributed by atoms with E-state index >= 15 is 0 Å². The van der Waals surface area contributed by atoms with Crippen LogP contribution in [0.2, 0.25) is 0 Å². The molecule has 4 nitrogen and oxygen atoms in total. The molecule has 168 valence electrons. The Morgan fingerprint density at radius 3 is 2.83 bits per heavy atom. The zero-order valence-electron chi connectivity index (χ0n) is 19.5. The largest absolute Gasteiger partial charge is 0.456 e. The monoisotopic (exact) mass is 453 g/mol. The molecule has 0 saturated heterocycles. The highest BCUT2D eigenvalue weighted by Crippen LogP contribution is 2.45. The van der Waals surface area contributed by atoms with E-state index in [4.69, 9.17) is 4.42 Å². The van der Waals surface area contributed by atoms with E-state index in [9.17, 15) is 5.26 Å². The van der Waals surface area contributed by atoms with Gasteiger partial charge in [0.05, 0.1) is 11.2 Å². The van der Waals surface area contributed by atoms with Crippen LogP contribution in [0.1, 0.15) is 54.0 Å². The lowest BCUT2D eigenvalue weighted by Gasteiger charge is -2.18. The number of hydrogen-bond donors (Lipinski definition) is 0. The van der Waals surface area contributed by atoms with Crippen molar-refractivity contribution in [2.24, 2.45) is 0 Å². The van der Waals surface area contributed by atoms with Crippen molar-refractivity contribution in [3.05, 3.63) is 95.2 Å². The number of pyridine rings is 1. The van der Waals surface area contributed by atoms with Crippen LogP contribution in [0.15, 0.2) is 71.3 Å². The van der Waals surface area contributed by atoms with Crippen molar-refractivity contribution in [3.63, 3.8) is 0 Å². The van der Waals surface area contributed by atoms with Crippen LogP contribution in [-0.4, -0.2) is 9.55 Å². The average molecular weight is 454 g/mol. The second-order valence-corrected chi connectivity index (χ2v) is 9.45. The third kappa shape index (κ3) is 2.88. The molecule has 2 aliphatic rings. The molecular formula is C31H23N3O. The molecule has 3 aromatic heterocycles. The summed E-state index contributed by atoms with van der Waals surface area (Å²) < 4.78 is 8.84. The highest BCUT2D eigenvalue weighted by Gasteiger charge is 2.28. The van der Waals surface area contributed by atoms with Crippen LogP contribution in [0.4, 0.5) is 0 Å². The van der Waals surface area contributed by atoms with Gasteiger partial charge in [-0.25, -0.2) is 4.98 Å². The third-order valence-corrected chi connectivity index (χ3v) is 7.41. The molecule has 1 atom stereocenters. The minimum atomic E-state index is 0.399. The Hall–Kier alpha value is -4.36. The van der Waals surface area contributed by atoms with E-state index in [1.54, 1.807) is 12.3 Å². The molecule has 0 bridgehead atoms. The molecule has 0 saturated carbocycles. The van der Waals surface area contributed by atoms with E-state index in [-0.39, 0.29) is 0 Å².